The minimum Gasteiger partial charge on any atom is -0.488 e. The van der Waals surface area contributed by atoms with Gasteiger partial charge in [-0.2, -0.15) is 0 Å². The van der Waals surface area contributed by atoms with Crippen LogP contribution < -0.4 is 10.1 Å². The summed E-state index contributed by atoms with van der Waals surface area (Å²) in [5.74, 6) is 0.423. The number of hydrogen-bond acceptors (Lipinski definition) is 4. The van der Waals surface area contributed by atoms with Crippen molar-refractivity contribution in [3.63, 3.8) is 0 Å². The second-order valence-corrected chi connectivity index (χ2v) is 8.22. The van der Waals surface area contributed by atoms with E-state index in [0.717, 1.165) is 33.3 Å². The fraction of sp³-hybridized carbons (Fsp3) is 0.148. The Labute approximate surface area is 203 Å². The highest BCUT2D eigenvalue weighted by molar-refractivity contribution is 6.35. The molecule has 0 radical (unpaired) electrons. The van der Waals surface area contributed by atoms with E-state index < -0.39 is 0 Å². The quantitative estimate of drug-likeness (QED) is 0.265. The summed E-state index contributed by atoms with van der Waals surface area (Å²) in [5.41, 5.74) is 3.18. The van der Waals surface area contributed by atoms with Crippen molar-refractivity contribution < 1.29 is 14.3 Å². The van der Waals surface area contributed by atoms with Crippen LogP contribution in [0.2, 0.25) is 10.0 Å². The lowest BCUT2D eigenvalue weighted by Gasteiger charge is -2.17. The molecule has 0 aromatic heterocycles. The molecule has 0 aliphatic rings. The lowest BCUT2D eigenvalue weighted by atomic mass is 10.0. The van der Waals surface area contributed by atoms with Gasteiger partial charge in [0.15, 0.2) is 0 Å². The minimum absolute atomic E-state index is 0.262. The van der Waals surface area contributed by atoms with Gasteiger partial charge in [0.25, 0.3) is 0 Å². The average molecular weight is 480 g/mol. The Bertz CT molecular complexity index is 1250. The summed E-state index contributed by atoms with van der Waals surface area (Å²) >= 11 is 12.6. The first-order valence-electron chi connectivity index (χ1n) is 10.6. The molecule has 0 aliphatic carbocycles. The number of hydrogen-bond donors (Lipinski definition) is 1. The first-order chi connectivity index (χ1) is 16.1. The average Bonchev–Trinajstić information content (AvgIpc) is 2.83. The van der Waals surface area contributed by atoms with Crippen LogP contribution in [0.3, 0.4) is 0 Å². The zero-order valence-corrected chi connectivity index (χ0v) is 19.6. The van der Waals surface area contributed by atoms with Gasteiger partial charge in [0.1, 0.15) is 12.4 Å². The lowest BCUT2D eigenvalue weighted by Crippen LogP contribution is -2.06. The Morgan fingerprint density at radius 2 is 1.58 bits per heavy atom. The molecule has 0 fully saturated rings. The fourth-order valence-corrected chi connectivity index (χ4v) is 4.09. The first-order valence-corrected chi connectivity index (χ1v) is 11.4. The van der Waals surface area contributed by atoms with Gasteiger partial charge in [0, 0.05) is 33.4 Å². The highest BCUT2D eigenvalue weighted by Gasteiger charge is 2.12. The number of carbonyl (C=O) groups is 1. The molecule has 0 aliphatic heterocycles. The topological polar surface area (TPSA) is 47.6 Å². The summed E-state index contributed by atoms with van der Waals surface area (Å²) < 4.78 is 11.2. The third kappa shape index (κ3) is 5.41. The number of fused-ring (bicyclic) bond motifs is 1. The van der Waals surface area contributed by atoms with E-state index in [4.69, 9.17) is 32.7 Å². The van der Waals surface area contributed by atoms with Gasteiger partial charge in [0.2, 0.25) is 0 Å². The molecule has 0 atom stereocenters. The van der Waals surface area contributed by atoms with E-state index >= 15 is 0 Å². The molecule has 4 rings (SSSR count). The van der Waals surface area contributed by atoms with Gasteiger partial charge in [0.05, 0.1) is 12.2 Å². The number of benzene rings is 4. The molecule has 0 saturated carbocycles. The van der Waals surface area contributed by atoms with Crippen molar-refractivity contribution in [2.75, 3.05) is 11.9 Å². The van der Waals surface area contributed by atoms with Crippen molar-refractivity contribution in [2.45, 2.75) is 20.1 Å². The normalized spacial score (nSPS) is 10.8. The predicted octanol–water partition coefficient (Wildman–Crippen LogP) is 7.51. The van der Waals surface area contributed by atoms with Crippen molar-refractivity contribution in [1.82, 2.24) is 0 Å². The SMILES string of the molecule is CCOC(=O)c1ccc(NCc2c(OCc3c(Cl)cccc3Cl)ccc3ccccc23)cc1. The Morgan fingerprint density at radius 3 is 2.30 bits per heavy atom. The van der Waals surface area contributed by atoms with Gasteiger partial charge < -0.3 is 14.8 Å². The fourth-order valence-electron chi connectivity index (χ4n) is 3.58. The molecule has 0 saturated heterocycles. The molecule has 6 heteroatoms. The molecule has 4 aromatic carbocycles. The van der Waals surface area contributed by atoms with Gasteiger partial charge in [-0.15, -0.1) is 0 Å². The Kier molecular flexibility index (Phi) is 7.38. The summed E-state index contributed by atoms with van der Waals surface area (Å²) in [4.78, 5) is 11.9. The number of esters is 1. The van der Waals surface area contributed by atoms with Gasteiger partial charge in [-0.05, 0) is 60.2 Å². The van der Waals surface area contributed by atoms with Crippen LogP contribution >= 0.6 is 23.2 Å². The van der Waals surface area contributed by atoms with Crippen molar-refractivity contribution in [1.29, 1.82) is 0 Å². The monoisotopic (exact) mass is 479 g/mol. The van der Waals surface area contributed by atoms with E-state index in [9.17, 15) is 4.79 Å². The Balaban J connectivity index is 1.57. The van der Waals surface area contributed by atoms with Gasteiger partial charge in [-0.1, -0.05) is 59.6 Å². The van der Waals surface area contributed by atoms with Crippen LogP contribution in [0.1, 0.15) is 28.4 Å². The van der Waals surface area contributed by atoms with Crippen molar-refractivity contribution in [3.05, 3.63) is 106 Å². The van der Waals surface area contributed by atoms with Gasteiger partial charge >= 0.3 is 5.97 Å². The predicted molar refractivity (Wildman–Crippen MR) is 134 cm³/mol. The van der Waals surface area contributed by atoms with Crippen LogP contribution in [0, 0.1) is 0 Å². The number of anilines is 1. The van der Waals surface area contributed by atoms with E-state index in [-0.39, 0.29) is 12.6 Å². The molecule has 4 aromatic rings. The zero-order valence-electron chi connectivity index (χ0n) is 18.1. The number of halogens is 2. The largest absolute Gasteiger partial charge is 0.488 e. The number of rotatable bonds is 8. The third-order valence-corrected chi connectivity index (χ3v) is 6.00. The molecule has 0 bridgehead atoms. The minimum atomic E-state index is -0.327. The molecule has 0 amide bonds. The summed E-state index contributed by atoms with van der Waals surface area (Å²) in [6.45, 7) is 2.93. The van der Waals surface area contributed by atoms with E-state index in [1.54, 1.807) is 31.2 Å². The summed E-state index contributed by atoms with van der Waals surface area (Å²) in [6.07, 6.45) is 0. The maximum absolute atomic E-state index is 11.9. The van der Waals surface area contributed by atoms with Crippen molar-refractivity contribution in [2.24, 2.45) is 0 Å². The van der Waals surface area contributed by atoms with Gasteiger partial charge in [-0.25, -0.2) is 4.79 Å². The maximum Gasteiger partial charge on any atom is 0.338 e. The van der Waals surface area contributed by atoms with Gasteiger partial charge in [-0.3, -0.25) is 0 Å². The van der Waals surface area contributed by atoms with E-state index in [0.29, 0.717) is 28.8 Å². The second-order valence-electron chi connectivity index (χ2n) is 7.40. The number of carbonyl (C=O) groups excluding carboxylic acids is 1. The van der Waals surface area contributed by atoms with E-state index in [1.807, 2.05) is 42.5 Å². The standard InChI is InChI=1S/C27H23Cl2NO3/c1-2-32-27(31)19-10-13-20(14-11-19)30-16-22-21-7-4-3-6-18(21)12-15-26(22)33-17-23-24(28)8-5-9-25(23)29/h3-15,30H,2,16-17H2,1H3. The first kappa shape index (κ1) is 23.0. The zero-order chi connectivity index (χ0) is 23.2. The summed E-state index contributed by atoms with van der Waals surface area (Å²) in [7, 11) is 0. The van der Waals surface area contributed by atoms with Crippen LogP contribution in [0.4, 0.5) is 5.69 Å². The third-order valence-electron chi connectivity index (χ3n) is 5.30. The summed E-state index contributed by atoms with van der Waals surface area (Å²) in [6, 6.07) is 24.8. The van der Waals surface area contributed by atoms with Crippen molar-refractivity contribution >= 4 is 45.6 Å². The molecule has 1 N–H and O–H groups in total. The molecule has 0 unspecified atom stereocenters. The molecule has 4 nitrogen and oxygen atoms in total. The molecular weight excluding hydrogens is 457 g/mol. The Hall–Kier alpha value is -3.21. The maximum atomic E-state index is 11.9. The van der Waals surface area contributed by atoms with Crippen LogP contribution in [0.15, 0.2) is 78.9 Å². The van der Waals surface area contributed by atoms with Crippen LogP contribution in [0.25, 0.3) is 10.8 Å². The van der Waals surface area contributed by atoms with Crippen LogP contribution in [-0.4, -0.2) is 12.6 Å². The number of ether oxygens (including phenoxy) is 2. The molecule has 0 heterocycles. The molecule has 168 valence electrons. The lowest BCUT2D eigenvalue weighted by molar-refractivity contribution is 0.0526. The molecule has 0 spiro atoms. The Morgan fingerprint density at radius 1 is 0.848 bits per heavy atom. The van der Waals surface area contributed by atoms with E-state index in [1.165, 1.54) is 0 Å². The molecule has 33 heavy (non-hydrogen) atoms. The highest BCUT2D eigenvalue weighted by Crippen LogP contribution is 2.31. The smallest absolute Gasteiger partial charge is 0.338 e. The van der Waals surface area contributed by atoms with Crippen LogP contribution in [-0.2, 0) is 17.9 Å². The number of nitrogens with one attached hydrogen (secondary N) is 1. The van der Waals surface area contributed by atoms with E-state index in [2.05, 4.69) is 17.4 Å². The second kappa shape index (κ2) is 10.6. The summed E-state index contributed by atoms with van der Waals surface area (Å²) in [5, 5.41) is 6.79. The van der Waals surface area contributed by atoms with Crippen molar-refractivity contribution in [3.8, 4) is 5.75 Å². The highest BCUT2D eigenvalue weighted by atomic mass is 35.5. The molecular formula is C27H23Cl2NO3. The van der Waals surface area contributed by atoms with Crippen LogP contribution in [0.5, 0.6) is 5.75 Å².